The zero-order chi connectivity index (χ0) is 14.4. The molecule has 2 fully saturated rings. The number of tetrazole rings is 1. The zero-order valence-corrected chi connectivity index (χ0v) is 11.8. The SMILES string of the molecule is O=C1C[C@@H](n2nnn(-c3ccccc3)c2=S)[C@H]2CO[C@@H]1O2. The van der Waals surface area contributed by atoms with E-state index >= 15 is 0 Å². The molecule has 1 aromatic heterocycles. The molecular formula is C13H12N4O3S. The Kier molecular flexibility index (Phi) is 2.95. The number of fused-ring (bicyclic) bond motifs is 2. The summed E-state index contributed by atoms with van der Waals surface area (Å²) in [5.41, 5.74) is 0.831. The molecule has 2 bridgehead atoms. The first-order valence-corrected chi connectivity index (χ1v) is 7.04. The second-order valence-corrected chi connectivity index (χ2v) is 5.40. The van der Waals surface area contributed by atoms with Crippen LogP contribution in [-0.4, -0.2) is 44.6 Å². The van der Waals surface area contributed by atoms with Crippen LogP contribution in [0, 0.1) is 4.77 Å². The first-order valence-electron chi connectivity index (χ1n) is 6.64. The van der Waals surface area contributed by atoms with Gasteiger partial charge in [0.05, 0.1) is 18.3 Å². The lowest BCUT2D eigenvalue weighted by Crippen LogP contribution is -2.37. The molecule has 2 aliphatic rings. The number of rotatable bonds is 2. The van der Waals surface area contributed by atoms with Crippen LogP contribution in [0.1, 0.15) is 12.5 Å². The average molecular weight is 304 g/mol. The third-order valence-corrected chi connectivity index (χ3v) is 4.09. The van der Waals surface area contributed by atoms with E-state index in [2.05, 4.69) is 10.4 Å². The highest BCUT2D eigenvalue weighted by molar-refractivity contribution is 7.71. The predicted octanol–water partition coefficient (Wildman–Crippen LogP) is 1.05. The zero-order valence-electron chi connectivity index (χ0n) is 11.0. The van der Waals surface area contributed by atoms with Gasteiger partial charge in [-0.1, -0.05) is 18.2 Å². The van der Waals surface area contributed by atoms with Crippen molar-refractivity contribution in [3.8, 4) is 5.69 Å². The molecule has 8 heteroatoms. The smallest absolute Gasteiger partial charge is 0.221 e. The highest BCUT2D eigenvalue weighted by Gasteiger charge is 2.45. The first kappa shape index (κ1) is 12.8. The lowest BCUT2D eigenvalue weighted by molar-refractivity contribution is -0.156. The van der Waals surface area contributed by atoms with Crippen LogP contribution in [0.25, 0.3) is 5.69 Å². The number of Topliss-reactive ketones (excluding diaryl/α,β-unsaturated/α-hetero) is 1. The van der Waals surface area contributed by atoms with Gasteiger partial charge in [0.1, 0.15) is 6.10 Å². The average Bonchev–Trinajstić information content (AvgIpc) is 3.10. The number of nitrogens with zero attached hydrogens (tertiary/aromatic N) is 4. The lowest BCUT2D eigenvalue weighted by Gasteiger charge is -2.25. The molecule has 0 amide bonds. The molecule has 21 heavy (non-hydrogen) atoms. The molecule has 0 radical (unpaired) electrons. The Morgan fingerprint density at radius 1 is 1.24 bits per heavy atom. The summed E-state index contributed by atoms with van der Waals surface area (Å²) in [6.45, 7) is 0.376. The molecule has 7 nitrogen and oxygen atoms in total. The third kappa shape index (κ3) is 2.03. The Balaban J connectivity index is 1.72. The Morgan fingerprint density at radius 2 is 2.05 bits per heavy atom. The van der Waals surface area contributed by atoms with Crippen molar-refractivity contribution in [2.45, 2.75) is 24.9 Å². The molecule has 2 aliphatic heterocycles. The second-order valence-electron chi connectivity index (χ2n) is 5.03. The van der Waals surface area contributed by atoms with Crippen LogP contribution in [-0.2, 0) is 14.3 Å². The first-order chi connectivity index (χ1) is 10.2. The summed E-state index contributed by atoms with van der Waals surface area (Å²) in [7, 11) is 0. The Bertz CT molecular complexity index is 741. The van der Waals surface area contributed by atoms with Gasteiger partial charge in [-0.2, -0.15) is 4.68 Å². The third-order valence-electron chi connectivity index (χ3n) is 3.73. The van der Waals surface area contributed by atoms with E-state index < -0.39 is 6.29 Å². The Hall–Kier alpha value is -1.90. The monoisotopic (exact) mass is 304 g/mol. The van der Waals surface area contributed by atoms with Gasteiger partial charge in [-0.15, -0.1) is 0 Å². The maximum atomic E-state index is 11.9. The number of carbonyl (C=O) groups excluding carboxylic acids is 1. The molecule has 1 aromatic carbocycles. The number of para-hydroxylation sites is 1. The molecule has 3 heterocycles. The molecule has 3 atom stereocenters. The molecule has 0 spiro atoms. The summed E-state index contributed by atoms with van der Waals surface area (Å²) in [6.07, 6.45) is -0.623. The molecule has 0 N–H and O–H groups in total. The fourth-order valence-electron chi connectivity index (χ4n) is 2.66. The topological polar surface area (TPSA) is 71.2 Å². The minimum Gasteiger partial charge on any atom is -0.343 e. The molecule has 2 saturated heterocycles. The van der Waals surface area contributed by atoms with Gasteiger partial charge in [0.25, 0.3) is 0 Å². The van der Waals surface area contributed by atoms with Gasteiger partial charge < -0.3 is 9.47 Å². The van der Waals surface area contributed by atoms with Gasteiger partial charge in [0.15, 0.2) is 5.78 Å². The summed E-state index contributed by atoms with van der Waals surface area (Å²) in [6, 6.07) is 9.25. The summed E-state index contributed by atoms with van der Waals surface area (Å²) in [5, 5.41) is 8.19. The Labute approximate surface area is 125 Å². The summed E-state index contributed by atoms with van der Waals surface area (Å²) in [5.74, 6) is -0.0788. The molecule has 0 unspecified atom stereocenters. The number of ketones is 1. The van der Waals surface area contributed by atoms with E-state index in [4.69, 9.17) is 21.7 Å². The van der Waals surface area contributed by atoms with Gasteiger partial charge in [0.2, 0.25) is 11.1 Å². The van der Waals surface area contributed by atoms with Crippen LogP contribution >= 0.6 is 12.2 Å². The lowest BCUT2D eigenvalue weighted by atomic mass is 10.0. The quantitative estimate of drug-likeness (QED) is 0.772. The standard InChI is InChI=1S/C13H12N4O3S/c18-10-6-9(11-7-19-12(10)20-11)17-13(21)16(14-15-17)8-4-2-1-3-5-8/h1-5,9,11-12H,6-7H2/t9-,11-,12-/m1/s1. The van der Waals surface area contributed by atoms with Crippen LogP contribution in [0.4, 0.5) is 0 Å². The number of benzene rings is 1. The van der Waals surface area contributed by atoms with Crippen molar-refractivity contribution < 1.29 is 14.3 Å². The fourth-order valence-corrected chi connectivity index (χ4v) is 2.98. The summed E-state index contributed by atoms with van der Waals surface area (Å²) < 4.78 is 14.4. The predicted molar refractivity (Wildman–Crippen MR) is 73.5 cm³/mol. The van der Waals surface area contributed by atoms with Gasteiger partial charge in [0, 0.05) is 6.42 Å². The van der Waals surface area contributed by atoms with Crippen LogP contribution in [0.2, 0.25) is 0 Å². The molecule has 0 saturated carbocycles. The molecule has 4 rings (SSSR count). The van der Waals surface area contributed by atoms with Crippen LogP contribution in [0.3, 0.4) is 0 Å². The van der Waals surface area contributed by atoms with Crippen LogP contribution in [0.5, 0.6) is 0 Å². The number of ether oxygens (including phenoxy) is 2. The maximum absolute atomic E-state index is 11.9. The largest absolute Gasteiger partial charge is 0.343 e. The van der Waals surface area contributed by atoms with Gasteiger partial charge >= 0.3 is 0 Å². The maximum Gasteiger partial charge on any atom is 0.221 e. The van der Waals surface area contributed by atoms with Crippen molar-refractivity contribution in [1.29, 1.82) is 0 Å². The number of hydrogen-bond donors (Lipinski definition) is 0. The highest BCUT2D eigenvalue weighted by atomic mass is 32.1. The van der Waals surface area contributed by atoms with Crippen molar-refractivity contribution in [3.05, 3.63) is 35.1 Å². The van der Waals surface area contributed by atoms with Crippen LogP contribution < -0.4 is 0 Å². The van der Waals surface area contributed by atoms with Gasteiger partial charge in [-0.05, 0) is 34.8 Å². The molecule has 2 aromatic rings. The van der Waals surface area contributed by atoms with Crippen molar-refractivity contribution >= 4 is 18.0 Å². The van der Waals surface area contributed by atoms with E-state index in [0.29, 0.717) is 17.8 Å². The molecule has 108 valence electrons. The van der Waals surface area contributed by atoms with Gasteiger partial charge in [-0.3, -0.25) is 4.79 Å². The van der Waals surface area contributed by atoms with Crippen molar-refractivity contribution in [2.75, 3.05) is 6.61 Å². The number of hydrogen-bond acceptors (Lipinski definition) is 6. The highest BCUT2D eigenvalue weighted by Crippen LogP contribution is 2.32. The van der Waals surface area contributed by atoms with E-state index in [1.807, 2.05) is 30.3 Å². The van der Waals surface area contributed by atoms with E-state index in [0.717, 1.165) is 5.69 Å². The minimum atomic E-state index is -0.718. The number of aromatic nitrogens is 4. The van der Waals surface area contributed by atoms with E-state index in [-0.39, 0.29) is 17.9 Å². The fraction of sp³-hybridized carbons (Fsp3) is 0.385. The number of carbonyl (C=O) groups is 1. The van der Waals surface area contributed by atoms with Crippen molar-refractivity contribution in [1.82, 2.24) is 19.8 Å². The second kappa shape index (κ2) is 4.83. The van der Waals surface area contributed by atoms with Crippen molar-refractivity contribution in [2.24, 2.45) is 0 Å². The normalized spacial score (nSPS) is 28.0. The molecular weight excluding hydrogens is 292 g/mol. The summed E-state index contributed by atoms with van der Waals surface area (Å²) >= 11 is 5.43. The van der Waals surface area contributed by atoms with E-state index in [1.165, 1.54) is 0 Å². The van der Waals surface area contributed by atoms with Crippen molar-refractivity contribution in [3.63, 3.8) is 0 Å². The molecule has 0 aliphatic carbocycles. The van der Waals surface area contributed by atoms with E-state index in [1.54, 1.807) is 9.36 Å². The van der Waals surface area contributed by atoms with Gasteiger partial charge in [-0.25, -0.2) is 4.68 Å². The minimum absolute atomic E-state index is 0.0788. The van der Waals surface area contributed by atoms with E-state index in [9.17, 15) is 4.79 Å². The van der Waals surface area contributed by atoms with Crippen LogP contribution in [0.15, 0.2) is 30.3 Å². The Morgan fingerprint density at radius 3 is 2.86 bits per heavy atom. The summed E-state index contributed by atoms with van der Waals surface area (Å²) in [4.78, 5) is 11.9.